The van der Waals surface area contributed by atoms with Gasteiger partial charge in [0.25, 0.3) is 0 Å². The molecule has 0 spiro atoms. The number of aryl methyl sites for hydroxylation is 1. The molecule has 6 nitrogen and oxygen atoms in total. The highest BCUT2D eigenvalue weighted by atomic mass is 32.2. The number of nitrogens with two attached hydrogens (primary N) is 1. The maximum Gasteiger partial charge on any atom is 0.201 e. The first kappa shape index (κ1) is 12.6. The lowest BCUT2D eigenvalue weighted by Gasteiger charge is -2.04. The lowest BCUT2D eigenvalue weighted by Crippen LogP contribution is -2.11. The second-order valence-electron chi connectivity index (χ2n) is 4.26. The van der Waals surface area contributed by atoms with Crippen LogP contribution >= 0.6 is 11.8 Å². The van der Waals surface area contributed by atoms with E-state index in [9.17, 15) is 0 Å². The first-order chi connectivity index (χ1) is 9.63. The van der Waals surface area contributed by atoms with Crippen LogP contribution in [0.3, 0.4) is 0 Å². The second-order valence-corrected chi connectivity index (χ2v) is 5.25. The predicted octanol–water partition coefficient (Wildman–Crippen LogP) is 1.87. The zero-order chi connectivity index (χ0) is 14.1. The molecule has 0 radical (unpaired) electrons. The van der Waals surface area contributed by atoms with Gasteiger partial charge in [0, 0.05) is 17.5 Å². The van der Waals surface area contributed by atoms with Crippen molar-refractivity contribution in [1.82, 2.24) is 19.6 Å². The molecule has 0 amide bonds. The van der Waals surface area contributed by atoms with Crippen molar-refractivity contribution in [3.05, 3.63) is 47.8 Å². The fourth-order valence-corrected chi connectivity index (χ4v) is 2.73. The summed E-state index contributed by atoms with van der Waals surface area (Å²) < 4.78 is 1.89. The monoisotopic (exact) mass is 284 g/mol. The Morgan fingerprint density at radius 1 is 1.30 bits per heavy atom. The number of nitrogens with one attached hydrogen (secondary N) is 1. The van der Waals surface area contributed by atoms with E-state index >= 15 is 0 Å². The predicted molar refractivity (Wildman–Crippen MR) is 77.1 cm³/mol. The van der Waals surface area contributed by atoms with Crippen molar-refractivity contribution in [2.45, 2.75) is 17.1 Å². The highest BCUT2D eigenvalue weighted by molar-refractivity contribution is 7.99. The third kappa shape index (κ3) is 2.35. The molecule has 0 atom stereocenters. The molecule has 7 heteroatoms. The fourth-order valence-electron chi connectivity index (χ4n) is 1.83. The summed E-state index contributed by atoms with van der Waals surface area (Å²) >= 11 is 1.40. The smallest absolute Gasteiger partial charge is 0.201 e. The van der Waals surface area contributed by atoms with E-state index in [0.717, 1.165) is 21.5 Å². The quantitative estimate of drug-likeness (QED) is 0.565. The van der Waals surface area contributed by atoms with Crippen LogP contribution in [0.2, 0.25) is 0 Å². The Hall–Kier alpha value is -2.41. The normalized spacial score (nSPS) is 10.8. The Labute approximate surface area is 119 Å². The van der Waals surface area contributed by atoms with Crippen molar-refractivity contribution >= 4 is 23.2 Å². The van der Waals surface area contributed by atoms with Crippen molar-refractivity contribution in [1.29, 1.82) is 5.41 Å². The zero-order valence-corrected chi connectivity index (χ0v) is 11.6. The molecular weight excluding hydrogens is 272 g/mol. The number of amidine groups is 1. The number of hydrogen-bond donors (Lipinski definition) is 2. The first-order valence-electron chi connectivity index (χ1n) is 5.94. The maximum absolute atomic E-state index is 7.52. The van der Waals surface area contributed by atoms with E-state index < -0.39 is 0 Å². The van der Waals surface area contributed by atoms with Gasteiger partial charge in [0.1, 0.15) is 10.9 Å². The van der Waals surface area contributed by atoms with E-state index in [1.54, 1.807) is 12.1 Å². The fraction of sp³-hybridized carbons (Fsp3) is 0.0769. The van der Waals surface area contributed by atoms with Crippen molar-refractivity contribution in [3.8, 4) is 0 Å². The average molecular weight is 284 g/mol. The molecule has 0 aromatic carbocycles. The van der Waals surface area contributed by atoms with Gasteiger partial charge in [-0.05, 0) is 43.0 Å². The largest absolute Gasteiger partial charge is 0.384 e. The summed E-state index contributed by atoms with van der Waals surface area (Å²) in [7, 11) is 0. The van der Waals surface area contributed by atoms with Crippen LogP contribution in [0, 0.1) is 12.3 Å². The lowest BCUT2D eigenvalue weighted by atomic mass is 10.2. The van der Waals surface area contributed by atoms with Crippen molar-refractivity contribution in [2.24, 2.45) is 5.73 Å². The number of pyridine rings is 2. The minimum absolute atomic E-state index is 0.0310. The molecule has 0 bridgehead atoms. The molecule has 0 aliphatic heterocycles. The molecule has 3 N–H and O–H groups in total. The molecule has 3 aromatic heterocycles. The first-order valence-corrected chi connectivity index (χ1v) is 6.76. The van der Waals surface area contributed by atoms with Gasteiger partial charge < -0.3 is 5.73 Å². The third-order valence-electron chi connectivity index (χ3n) is 2.72. The molecule has 0 fully saturated rings. The summed E-state index contributed by atoms with van der Waals surface area (Å²) in [5.41, 5.74) is 7.79. The molecule has 0 unspecified atom stereocenters. The summed E-state index contributed by atoms with van der Waals surface area (Å²) in [4.78, 5) is 4.43. The van der Waals surface area contributed by atoms with E-state index in [-0.39, 0.29) is 5.84 Å². The molecule has 0 saturated heterocycles. The van der Waals surface area contributed by atoms with E-state index in [0.29, 0.717) is 5.56 Å². The number of aromatic nitrogens is 4. The van der Waals surface area contributed by atoms with Crippen molar-refractivity contribution in [2.75, 3.05) is 0 Å². The minimum atomic E-state index is 0.0310. The Bertz CT molecular complexity index is 794. The molecule has 3 rings (SSSR count). The van der Waals surface area contributed by atoms with Crippen LogP contribution in [0.15, 0.2) is 46.7 Å². The molecule has 0 aliphatic rings. The van der Waals surface area contributed by atoms with E-state index in [2.05, 4.69) is 15.2 Å². The number of nitrogen functional groups attached to an aromatic ring is 1. The second kappa shape index (κ2) is 4.93. The van der Waals surface area contributed by atoms with Gasteiger partial charge in [0.15, 0.2) is 5.65 Å². The summed E-state index contributed by atoms with van der Waals surface area (Å²) in [6.45, 7) is 1.87. The van der Waals surface area contributed by atoms with Gasteiger partial charge in [-0.25, -0.2) is 4.98 Å². The third-order valence-corrected chi connectivity index (χ3v) is 3.60. The van der Waals surface area contributed by atoms with Gasteiger partial charge in [-0.15, -0.1) is 10.2 Å². The lowest BCUT2D eigenvalue weighted by molar-refractivity contribution is 0.915. The van der Waals surface area contributed by atoms with Crippen LogP contribution in [-0.4, -0.2) is 25.4 Å². The molecular formula is C13H12N6S. The molecule has 0 aliphatic carbocycles. The summed E-state index contributed by atoms with van der Waals surface area (Å²) in [5.74, 6) is 0.0310. The van der Waals surface area contributed by atoms with Crippen LogP contribution in [0.1, 0.15) is 11.3 Å². The Morgan fingerprint density at radius 3 is 2.95 bits per heavy atom. The van der Waals surface area contributed by atoms with Crippen molar-refractivity contribution in [3.63, 3.8) is 0 Å². The highest BCUT2D eigenvalue weighted by Gasteiger charge is 2.09. The minimum Gasteiger partial charge on any atom is -0.384 e. The van der Waals surface area contributed by atoms with Crippen LogP contribution in [0.25, 0.3) is 5.65 Å². The van der Waals surface area contributed by atoms with Gasteiger partial charge in [-0.2, -0.15) is 0 Å². The number of nitrogens with zero attached hydrogens (tertiary/aromatic N) is 4. The van der Waals surface area contributed by atoms with Gasteiger partial charge in [-0.3, -0.25) is 9.81 Å². The summed E-state index contributed by atoms with van der Waals surface area (Å²) in [5, 5.41) is 17.2. The Kier molecular flexibility index (Phi) is 3.11. The van der Waals surface area contributed by atoms with Gasteiger partial charge in [0.2, 0.25) is 5.16 Å². The zero-order valence-electron chi connectivity index (χ0n) is 10.7. The number of rotatable bonds is 3. The summed E-state index contributed by atoms with van der Waals surface area (Å²) in [6.07, 6.45) is 1.90. The Balaban J connectivity index is 2.00. The number of fused-ring (bicyclic) bond motifs is 1. The molecule has 0 saturated carbocycles. The Morgan fingerprint density at radius 2 is 2.15 bits per heavy atom. The van der Waals surface area contributed by atoms with Gasteiger partial charge in [0.05, 0.1) is 0 Å². The average Bonchev–Trinajstić information content (AvgIpc) is 2.82. The molecule has 100 valence electrons. The van der Waals surface area contributed by atoms with Crippen LogP contribution in [0.5, 0.6) is 0 Å². The van der Waals surface area contributed by atoms with Gasteiger partial charge in [-0.1, -0.05) is 6.07 Å². The molecule has 3 aromatic rings. The molecule has 20 heavy (non-hydrogen) atoms. The van der Waals surface area contributed by atoms with E-state index in [4.69, 9.17) is 11.1 Å². The van der Waals surface area contributed by atoms with E-state index in [1.807, 2.05) is 35.7 Å². The van der Waals surface area contributed by atoms with Crippen LogP contribution < -0.4 is 5.73 Å². The van der Waals surface area contributed by atoms with Crippen molar-refractivity contribution < 1.29 is 0 Å². The number of hydrogen-bond acceptors (Lipinski definition) is 5. The highest BCUT2D eigenvalue weighted by Crippen LogP contribution is 2.25. The maximum atomic E-state index is 7.52. The van der Waals surface area contributed by atoms with Gasteiger partial charge >= 0.3 is 0 Å². The summed E-state index contributed by atoms with van der Waals surface area (Å²) in [6, 6.07) is 9.29. The van der Waals surface area contributed by atoms with E-state index in [1.165, 1.54) is 11.8 Å². The van der Waals surface area contributed by atoms with Crippen LogP contribution in [-0.2, 0) is 0 Å². The topological polar surface area (TPSA) is 93.0 Å². The standard InChI is InChI=1S/C13H12N6S/c1-8-6-9(12(14)15)7-11(16-8)20-13-18-17-10-4-2-3-5-19(10)13/h2-7H,1H3,(H3,14,15). The van der Waals surface area contributed by atoms with Crippen LogP contribution in [0.4, 0.5) is 0 Å². The SMILES string of the molecule is Cc1cc(C(=N)N)cc(Sc2nnc3ccccn23)n1. The molecule has 3 heterocycles.